The Morgan fingerprint density at radius 1 is 1.61 bits per heavy atom. The van der Waals surface area contributed by atoms with Crippen molar-refractivity contribution in [3.05, 3.63) is 29.0 Å². The highest BCUT2D eigenvalue weighted by atomic mass is 35.5. The molecule has 1 aliphatic rings. The van der Waals surface area contributed by atoms with Gasteiger partial charge in [-0.15, -0.1) is 0 Å². The highest BCUT2D eigenvalue weighted by Crippen LogP contribution is 2.24. The third-order valence-electron chi connectivity index (χ3n) is 3.55. The first-order valence-electron chi connectivity index (χ1n) is 6.27. The summed E-state index contributed by atoms with van der Waals surface area (Å²) in [5, 5.41) is 0.343. The molecule has 1 aromatic rings. The minimum Gasteiger partial charge on any atom is -0.333 e. The van der Waals surface area contributed by atoms with Crippen molar-refractivity contribution in [2.45, 2.75) is 25.8 Å². The zero-order valence-corrected chi connectivity index (χ0v) is 11.2. The van der Waals surface area contributed by atoms with Gasteiger partial charge in [0, 0.05) is 19.1 Å². The molecule has 0 bridgehead atoms. The molecule has 2 atom stereocenters. The molecule has 1 saturated heterocycles. The third kappa shape index (κ3) is 2.65. The van der Waals surface area contributed by atoms with E-state index in [1.165, 1.54) is 0 Å². The maximum absolute atomic E-state index is 12.4. The summed E-state index contributed by atoms with van der Waals surface area (Å²) in [5.74, 6) is 0.367. The van der Waals surface area contributed by atoms with Crippen LogP contribution in [0.3, 0.4) is 0 Å². The molecule has 0 radical (unpaired) electrons. The molecule has 1 aliphatic heterocycles. The number of aromatic nitrogens is 1. The molecule has 4 nitrogen and oxygen atoms in total. The predicted octanol–water partition coefficient (Wildman–Crippen LogP) is 1.93. The largest absolute Gasteiger partial charge is 0.333 e. The minimum absolute atomic E-state index is 0.0699. The van der Waals surface area contributed by atoms with E-state index >= 15 is 0 Å². The lowest BCUT2D eigenvalue weighted by Crippen LogP contribution is -2.51. The van der Waals surface area contributed by atoms with Gasteiger partial charge in [0.1, 0.15) is 10.8 Å². The topological polar surface area (TPSA) is 59.2 Å². The average molecular weight is 268 g/mol. The molecule has 0 saturated carbocycles. The van der Waals surface area contributed by atoms with Crippen molar-refractivity contribution >= 4 is 17.5 Å². The number of pyridine rings is 1. The van der Waals surface area contributed by atoms with E-state index in [9.17, 15) is 4.79 Å². The number of likely N-dealkylation sites (tertiary alicyclic amines) is 1. The lowest BCUT2D eigenvalue weighted by atomic mass is 9.90. The zero-order chi connectivity index (χ0) is 13.1. The SMILES string of the molecule is CC1CCCN(C(=O)c2cccc(Cl)n2)C1CN. The molecular formula is C13H18ClN3O. The second-order valence-corrected chi connectivity index (χ2v) is 5.15. The van der Waals surface area contributed by atoms with Gasteiger partial charge in [-0.3, -0.25) is 4.79 Å². The molecule has 2 unspecified atom stereocenters. The quantitative estimate of drug-likeness (QED) is 0.833. The van der Waals surface area contributed by atoms with Gasteiger partial charge in [-0.1, -0.05) is 24.6 Å². The van der Waals surface area contributed by atoms with E-state index in [2.05, 4.69) is 11.9 Å². The summed E-state index contributed by atoms with van der Waals surface area (Å²) in [5.41, 5.74) is 6.19. The lowest BCUT2D eigenvalue weighted by Gasteiger charge is -2.39. The first-order valence-corrected chi connectivity index (χ1v) is 6.65. The first kappa shape index (κ1) is 13.3. The van der Waals surface area contributed by atoms with Gasteiger partial charge in [0.25, 0.3) is 5.91 Å². The number of nitrogens with two attached hydrogens (primary N) is 1. The van der Waals surface area contributed by atoms with Gasteiger partial charge in [0.15, 0.2) is 0 Å². The first-order chi connectivity index (χ1) is 8.63. The smallest absolute Gasteiger partial charge is 0.272 e. The minimum atomic E-state index is -0.0699. The van der Waals surface area contributed by atoms with Crippen LogP contribution in [0.4, 0.5) is 0 Å². The average Bonchev–Trinajstić information content (AvgIpc) is 2.37. The molecule has 1 amide bonds. The Bertz CT molecular complexity index is 438. The number of hydrogen-bond donors (Lipinski definition) is 1. The molecule has 0 aliphatic carbocycles. The van der Waals surface area contributed by atoms with Crippen molar-refractivity contribution in [1.82, 2.24) is 9.88 Å². The fraction of sp³-hybridized carbons (Fsp3) is 0.538. The van der Waals surface area contributed by atoms with Gasteiger partial charge >= 0.3 is 0 Å². The number of halogens is 1. The van der Waals surface area contributed by atoms with E-state index in [1.54, 1.807) is 18.2 Å². The van der Waals surface area contributed by atoms with Crippen LogP contribution < -0.4 is 5.73 Å². The van der Waals surface area contributed by atoms with Crippen LogP contribution in [-0.4, -0.2) is 34.9 Å². The molecule has 0 aromatic carbocycles. The normalized spacial score (nSPS) is 24.1. The Labute approximate surface area is 112 Å². The molecule has 0 spiro atoms. The molecule has 18 heavy (non-hydrogen) atoms. The molecule has 2 heterocycles. The van der Waals surface area contributed by atoms with Gasteiger partial charge in [-0.05, 0) is 30.9 Å². The molecule has 5 heteroatoms. The van der Waals surface area contributed by atoms with Crippen LogP contribution in [-0.2, 0) is 0 Å². The van der Waals surface area contributed by atoms with Crippen LogP contribution in [0.1, 0.15) is 30.3 Å². The van der Waals surface area contributed by atoms with E-state index in [0.717, 1.165) is 19.4 Å². The van der Waals surface area contributed by atoms with Crippen molar-refractivity contribution in [1.29, 1.82) is 0 Å². The van der Waals surface area contributed by atoms with Gasteiger partial charge in [0.2, 0.25) is 0 Å². The monoisotopic (exact) mass is 267 g/mol. The molecule has 2 N–H and O–H groups in total. The van der Waals surface area contributed by atoms with Crippen molar-refractivity contribution in [3.8, 4) is 0 Å². The Kier molecular flexibility index (Phi) is 4.19. The fourth-order valence-corrected chi connectivity index (χ4v) is 2.70. The maximum Gasteiger partial charge on any atom is 0.272 e. The number of hydrogen-bond acceptors (Lipinski definition) is 3. The van der Waals surface area contributed by atoms with Crippen LogP contribution in [0, 0.1) is 5.92 Å². The van der Waals surface area contributed by atoms with Crippen LogP contribution >= 0.6 is 11.6 Å². The maximum atomic E-state index is 12.4. The molecule has 98 valence electrons. The van der Waals surface area contributed by atoms with Gasteiger partial charge in [-0.2, -0.15) is 0 Å². The lowest BCUT2D eigenvalue weighted by molar-refractivity contribution is 0.0526. The molecular weight excluding hydrogens is 250 g/mol. The Balaban J connectivity index is 2.21. The van der Waals surface area contributed by atoms with Crippen LogP contribution in [0.25, 0.3) is 0 Å². The number of amides is 1. The van der Waals surface area contributed by atoms with Crippen molar-refractivity contribution in [2.75, 3.05) is 13.1 Å². The standard InChI is InChI=1S/C13H18ClN3O/c1-9-4-3-7-17(11(9)8-15)13(18)10-5-2-6-12(14)16-10/h2,5-6,9,11H,3-4,7-8,15H2,1H3. The Morgan fingerprint density at radius 2 is 2.39 bits per heavy atom. The van der Waals surface area contributed by atoms with Crippen LogP contribution in [0.15, 0.2) is 18.2 Å². The van der Waals surface area contributed by atoms with Gasteiger partial charge in [0.05, 0.1) is 0 Å². The van der Waals surface area contributed by atoms with E-state index in [4.69, 9.17) is 17.3 Å². The number of rotatable bonds is 2. The third-order valence-corrected chi connectivity index (χ3v) is 3.76. The molecule has 1 aromatic heterocycles. The van der Waals surface area contributed by atoms with Crippen LogP contribution in [0.2, 0.25) is 5.15 Å². The molecule has 1 fully saturated rings. The summed E-state index contributed by atoms with van der Waals surface area (Å²) >= 11 is 5.82. The summed E-state index contributed by atoms with van der Waals surface area (Å²) in [6.07, 6.45) is 2.14. The van der Waals surface area contributed by atoms with E-state index in [0.29, 0.717) is 23.3 Å². The Morgan fingerprint density at radius 3 is 3.06 bits per heavy atom. The Hall–Kier alpha value is -1.13. The van der Waals surface area contributed by atoms with Crippen molar-refractivity contribution in [2.24, 2.45) is 11.7 Å². The van der Waals surface area contributed by atoms with E-state index < -0.39 is 0 Å². The summed E-state index contributed by atoms with van der Waals surface area (Å²) in [6.45, 7) is 3.38. The highest BCUT2D eigenvalue weighted by Gasteiger charge is 2.31. The fourth-order valence-electron chi connectivity index (χ4n) is 2.54. The van der Waals surface area contributed by atoms with Crippen molar-refractivity contribution in [3.63, 3.8) is 0 Å². The van der Waals surface area contributed by atoms with E-state index in [-0.39, 0.29) is 11.9 Å². The van der Waals surface area contributed by atoms with Crippen LogP contribution in [0.5, 0.6) is 0 Å². The zero-order valence-electron chi connectivity index (χ0n) is 10.5. The number of carbonyl (C=O) groups is 1. The van der Waals surface area contributed by atoms with Crippen molar-refractivity contribution < 1.29 is 4.79 Å². The van der Waals surface area contributed by atoms with Gasteiger partial charge in [-0.25, -0.2) is 4.98 Å². The number of nitrogens with zero attached hydrogens (tertiary/aromatic N) is 2. The second-order valence-electron chi connectivity index (χ2n) is 4.77. The summed E-state index contributed by atoms with van der Waals surface area (Å²) < 4.78 is 0. The van der Waals surface area contributed by atoms with Gasteiger partial charge < -0.3 is 10.6 Å². The van der Waals surface area contributed by atoms with E-state index in [1.807, 2.05) is 4.90 Å². The summed E-state index contributed by atoms with van der Waals surface area (Å²) in [6, 6.07) is 5.21. The molecule has 2 rings (SSSR count). The second kappa shape index (κ2) is 5.67. The predicted molar refractivity (Wildman–Crippen MR) is 71.5 cm³/mol. The summed E-state index contributed by atoms with van der Waals surface area (Å²) in [4.78, 5) is 18.3. The summed E-state index contributed by atoms with van der Waals surface area (Å²) in [7, 11) is 0. The highest BCUT2D eigenvalue weighted by molar-refractivity contribution is 6.29. The number of carbonyl (C=O) groups excluding carboxylic acids is 1. The number of piperidine rings is 1.